The molecule has 0 radical (unpaired) electrons. The van der Waals surface area contributed by atoms with Crippen LogP contribution in [0.5, 0.6) is 0 Å². The molecular weight excluding hydrogens is 248 g/mol. The number of nitrogens with zero attached hydrogens (tertiary/aromatic N) is 2. The molecule has 19 heavy (non-hydrogen) atoms. The molecule has 1 atom stereocenters. The van der Waals surface area contributed by atoms with E-state index in [4.69, 9.17) is 0 Å². The van der Waals surface area contributed by atoms with Crippen LogP contribution in [0.1, 0.15) is 19.8 Å². The fraction of sp³-hybridized carbons (Fsp3) is 0.846. The molecule has 0 spiro atoms. The molecule has 0 aliphatic carbocycles. The van der Waals surface area contributed by atoms with Crippen molar-refractivity contribution in [2.45, 2.75) is 25.8 Å². The second-order valence-corrected chi connectivity index (χ2v) is 4.84. The topological polar surface area (TPSA) is 59.1 Å². The Bertz CT molecular complexity index is 309. The summed E-state index contributed by atoms with van der Waals surface area (Å²) in [5.74, 6) is -0.332. The lowest BCUT2D eigenvalue weighted by atomic mass is 10.1. The number of hydrogen-bond donors (Lipinski definition) is 0. The molecule has 1 fully saturated rings. The van der Waals surface area contributed by atoms with E-state index in [9.17, 15) is 9.59 Å². The van der Waals surface area contributed by atoms with Crippen molar-refractivity contribution in [2.24, 2.45) is 0 Å². The Hall–Kier alpha value is -1.14. The van der Waals surface area contributed by atoms with Gasteiger partial charge >= 0.3 is 11.9 Å². The summed E-state index contributed by atoms with van der Waals surface area (Å²) in [4.78, 5) is 26.8. The molecule has 1 rings (SSSR count). The fourth-order valence-corrected chi connectivity index (χ4v) is 2.29. The van der Waals surface area contributed by atoms with Crippen LogP contribution >= 0.6 is 0 Å². The maximum absolute atomic E-state index is 11.1. The van der Waals surface area contributed by atoms with E-state index >= 15 is 0 Å². The monoisotopic (exact) mass is 272 g/mol. The van der Waals surface area contributed by atoms with Crippen LogP contribution in [0.15, 0.2) is 0 Å². The summed E-state index contributed by atoms with van der Waals surface area (Å²) in [7, 11) is 2.83. The van der Waals surface area contributed by atoms with E-state index in [1.165, 1.54) is 14.2 Å². The Balaban J connectivity index is 2.27. The summed E-state index contributed by atoms with van der Waals surface area (Å²) in [5, 5.41) is 0. The minimum absolute atomic E-state index is 0.166. The van der Waals surface area contributed by atoms with E-state index in [-0.39, 0.29) is 11.9 Å². The molecular formula is C13H24N2O4. The van der Waals surface area contributed by atoms with Gasteiger partial charge in [0.05, 0.1) is 27.1 Å². The lowest BCUT2D eigenvalue weighted by Crippen LogP contribution is -2.52. The Morgan fingerprint density at radius 1 is 1.05 bits per heavy atom. The van der Waals surface area contributed by atoms with Gasteiger partial charge in [-0.3, -0.25) is 19.4 Å². The number of hydrogen-bond acceptors (Lipinski definition) is 6. The van der Waals surface area contributed by atoms with Gasteiger partial charge < -0.3 is 9.47 Å². The summed E-state index contributed by atoms with van der Waals surface area (Å²) in [6.07, 6.45) is 0.869. The highest BCUT2D eigenvalue weighted by Gasteiger charge is 2.24. The van der Waals surface area contributed by atoms with Crippen molar-refractivity contribution < 1.29 is 19.1 Å². The van der Waals surface area contributed by atoms with Gasteiger partial charge in [-0.1, -0.05) is 0 Å². The lowest BCUT2D eigenvalue weighted by molar-refractivity contribution is -0.142. The van der Waals surface area contributed by atoms with Gasteiger partial charge in [-0.2, -0.15) is 0 Å². The Labute approximate surface area is 114 Å². The van der Waals surface area contributed by atoms with Crippen molar-refractivity contribution >= 4 is 11.9 Å². The highest BCUT2D eigenvalue weighted by atomic mass is 16.5. The van der Waals surface area contributed by atoms with Gasteiger partial charge in [-0.05, 0) is 6.92 Å². The molecule has 6 heteroatoms. The molecule has 6 nitrogen and oxygen atoms in total. The normalized spacial score (nSPS) is 21.1. The second kappa shape index (κ2) is 8.12. The average molecular weight is 272 g/mol. The van der Waals surface area contributed by atoms with E-state index in [1.54, 1.807) is 0 Å². The molecule has 0 unspecified atom stereocenters. The number of ether oxygens (including phenoxy) is 2. The summed E-state index contributed by atoms with van der Waals surface area (Å²) >= 11 is 0. The molecule has 0 amide bonds. The van der Waals surface area contributed by atoms with Crippen molar-refractivity contribution in [3.05, 3.63) is 0 Å². The number of carbonyl (C=O) groups excluding carboxylic acids is 2. The van der Waals surface area contributed by atoms with Gasteiger partial charge in [0.25, 0.3) is 0 Å². The molecule has 1 aliphatic rings. The molecule has 1 heterocycles. The summed E-state index contributed by atoms with van der Waals surface area (Å²) in [5.41, 5.74) is 0. The van der Waals surface area contributed by atoms with Gasteiger partial charge in [0, 0.05) is 38.8 Å². The third kappa shape index (κ3) is 5.57. The highest BCUT2D eigenvalue weighted by Crippen LogP contribution is 2.10. The maximum Gasteiger partial charge on any atom is 0.306 e. The van der Waals surface area contributed by atoms with Crippen molar-refractivity contribution in [3.63, 3.8) is 0 Å². The summed E-state index contributed by atoms with van der Waals surface area (Å²) in [6, 6.07) is 0.385. The van der Waals surface area contributed by atoms with Gasteiger partial charge in [-0.25, -0.2) is 0 Å². The van der Waals surface area contributed by atoms with E-state index in [2.05, 4.69) is 26.2 Å². The standard InChI is InChI=1S/C13H24N2O4/c1-11-10-14(6-4-12(16)18-2)8-9-15(11)7-5-13(17)19-3/h11H,4-10H2,1-3H3/t11-/m1/s1. The minimum Gasteiger partial charge on any atom is -0.469 e. The Kier molecular flexibility index (Phi) is 6.80. The zero-order valence-electron chi connectivity index (χ0n) is 12.1. The van der Waals surface area contributed by atoms with E-state index in [0.717, 1.165) is 32.7 Å². The molecule has 0 saturated carbocycles. The first kappa shape index (κ1) is 15.9. The molecule has 1 saturated heterocycles. The number of methoxy groups -OCH3 is 2. The van der Waals surface area contributed by atoms with Crippen LogP contribution in [-0.2, 0) is 19.1 Å². The van der Waals surface area contributed by atoms with E-state index < -0.39 is 0 Å². The Morgan fingerprint density at radius 2 is 1.63 bits per heavy atom. The first-order valence-corrected chi connectivity index (χ1v) is 6.67. The van der Waals surface area contributed by atoms with Gasteiger partial charge in [0.15, 0.2) is 0 Å². The maximum atomic E-state index is 11.1. The van der Waals surface area contributed by atoms with Crippen LogP contribution in [0.25, 0.3) is 0 Å². The first-order valence-electron chi connectivity index (χ1n) is 6.67. The smallest absolute Gasteiger partial charge is 0.306 e. The van der Waals surface area contributed by atoms with Crippen molar-refractivity contribution in [2.75, 3.05) is 46.9 Å². The van der Waals surface area contributed by atoms with Crippen LogP contribution in [0, 0.1) is 0 Å². The number of esters is 2. The molecule has 0 aromatic carbocycles. The minimum atomic E-state index is -0.166. The number of rotatable bonds is 6. The van der Waals surface area contributed by atoms with Crippen LogP contribution in [-0.4, -0.2) is 74.7 Å². The van der Waals surface area contributed by atoms with Crippen molar-refractivity contribution in [3.8, 4) is 0 Å². The third-order valence-electron chi connectivity index (χ3n) is 3.54. The fourth-order valence-electron chi connectivity index (χ4n) is 2.29. The first-order chi connectivity index (χ1) is 9.06. The number of carbonyl (C=O) groups is 2. The number of piperazine rings is 1. The van der Waals surface area contributed by atoms with Crippen LogP contribution in [0.4, 0.5) is 0 Å². The quantitative estimate of drug-likeness (QED) is 0.640. The third-order valence-corrected chi connectivity index (χ3v) is 3.54. The van der Waals surface area contributed by atoms with Gasteiger partial charge in [-0.15, -0.1) is 0 Å². The second-order valence-electron chi connectivity index (χ2n) is 4.84. The summed E-state index contributed by atoms with van der Waals surface area (Å²) < 4.78 is 9.29. The lowest BCUT2D eigenvalue weighted by Gasteiger charge is -2.39. The van der Waals surface area contributed by atoms with E-state index in [1.807, 2.05) is 0 Å². The zero-order valence-corrected chi connectivity index (χ0v) is 12.1. The van der Waals surface area contributed by atoms with E-state index in [0.29, 0.717) is 18.9 Å². The van der Waals surface area contributed by atoms with Crippen molar-refractivity contribution in [1.29, 1.82) is 0 Å². The average Bonchev–Trinajstić information content (AvgIpc) is 2.43. The van der Waals surface area contributed by atoms with Crippen molar-refractivity contribution in [1.82, 2.24) is 9.80 Å². The van der Waals surface area contributed by atoms with Gasteiger partial charge in [0.1, 0.15) is 0 Å². The van der Waals surface area contributed by atoms with Crippen LogP contribution in [0.3, 0.4) is 0 Å². The highest BCUT2D eigenvalue weighted by molar-refractivity contribution is 5.69. The zero-order chi connectivity index (χ0) is 14.3. The van der Waals surface area contributed by atoms with Gasteiger partial charge in [0.2, 0.25) is 0 Å². The largest absolute Gasteiger partial charge is 0.469 e. The molecule has 0 bridgehead atoms. The predicted molar refractivity (Wildman–Crippen MR) is 70.7 cm³/mol. The molecule has 1 aliphatic heterocycles. The molecule has 0 aromatic rings. The SMILES string of the molecule is COC(=O)CCN1CCN(CCC(=O)OC)[C@H](C)C1. The molecule has 0 aromatic heterocycles. The van der Waals surface area contributed by atoms with Crippen LogP contribution in [0.2, 0.25) is 0 Å². The Morgan fingerprint density at radius 3 is 2.16 bits per heavy atom. The molecule has 0 N–H and O–H groups in total. The van der Waals surface area contributed by atoms with Crippen LogP contribution < -0.4 is 0 Å². The molecule has 110 valence electrons. The summed E-state index contributed by atoms with van der Waals surface area (Å²) in [6.45, 7) is 6.36. The predicted octanol–water partition coefficient (Wildman–Crippen LogP) is 0.119.